The minimum absolute atomic E-state index is 0.119. The molecule has 1 saturated heterocycles. The summed E-state index contributed by atoms with van der Waals surface area (Å²) >= 11 is 5.80. The van der Waals surface area contributed by atoms with E-state index in [2.05, 4.69) is 49.1 Å². The number of hydrogen-bond acceptors (Lipinski definition) is 5. The summed E-state index contributed by atoms with van der Waals surface area (Å²) in [6.07, 6.45) is 5.64. The molecule has 8 nitrogen and oxygen atoms in total. The van der Waals surface area contributed by atoms with Crippen LogP contribution >= 0.6 is 12.2 Å². The third-order valence-electron chi connectivity index (χ3n) is 6.47. The van der Waals surface area contributed by atoms with Crippen LogP contribution in [-0.4, -0.2) is 44.1 Å². The molecule has 2 atom stereocenters. The van der Waals surface area contributed by atoms with Crippen LogP contribution in [0.3, 0.4) is 0 Å². The normalized spacial score (nSPS) is 16.9. The van der Waals surface area contributed by atoms with Gasteiger partial charge in [0.2, 0.25) is 5.91 Å². The fourth-order valence-electron chi connectivity index (χ4n) is 4.78. The lowest BCUT2D eigenvalue weighted by atomic mass is 10.0. The number of aryl methyl sites for hydroxylation is 1. The number of nitrogens with zero attached hydrogens (tertiary/aromatic N) is 4. The van der Waals surface area contributed by atoms with Crippen LogP contribution in [0.15, 0.2) is 85.3 Å². The molecular weight excluding hydrogens is 484 g/mol. The molecule has 1 fully saturated rings. The van der Waals surface area contributed by atoms with E-state index in [-0.39, 0.29) is 24.4 Å². The van der Waals surface area contributed by atoms with Gasteiger partial charge < -0.3 is 24.8 Å². The molecule has 1 aliphatic heterocycles. The maximum Gasteiger partial charge on any atom is 0.226 e. The Balaban J connectivity index is 1.46. The highest BCUT2D eigenvalue weighted by Crippen LogP contribution is 2.40. The Labute approximate surface area is 221 Å². The van der Waals surface area contributed by atoms with Crippen molar-refractivity contribution in [2.75, 3.05) is 19.0 Å². The quantitative estimate of drug-likeness (QED) is 0.334. The first-order valence-corrected chi connectivity index (χ1v) is 12.5. The number of carbonyl (C=O) groups excluding carboxylic acids is 1. The number of rotatable bonds is 8. The van der Waals surface area contributed by atoms with Gasteiger partial charge in [0.25, 0.3) is 0 Å². The summed E-state index contributed by atoms with van der Waals surface area (Å²) in [6.45, 7) is 2.50. The Morgan fingerprint density at radius 3 is 2.68 bits per heavy atom. The average Bonchev–Trinajstić information content (AvgIpc) is 3.47. The molecular formula is C28H28N6O2S. The van der Waals surface area contributed by atoms with Crippen molar-refractivity contribution in [1.82, 2.24) is 24.8 Å². The first kappa shape index (κ1) is 24.5. The van der Waals surface area contributed by atoms with Gasteiger partial charge in [-0.05, 0) is 67.7 Å². The summed E-state index contributed by atoms with van der Waals surface area (Å²) in [6, 6.07) is 21.0. The van der Waals surface area contributed by atoms with Gasteiger partial charge in [-0.1, -0.05) is 18.2 Å². The van der Waals surface area contributed by atoms with E-state index in [1.807, 2.05) is 60.8 Å². The van der Waals surface area contributed by atoms with Crippen molar-refractivity contribution in [3.63, 3.8) is 0 Å². The number of para-hydroxylation sites is 2. The van der Waals surface area contributed by atoms with Crippen LogP contribution in [0.25, 0.3) is 5.69 Å². The largest absolute Gasteiger partial charge is 0.495 e. The number of nitrogens with one attached hydrogen (secondary N) is 2. The van der Waals surface area contributed by atoms with Gasteiger partial charge in [0.05, 0.1) is 42.5 Å². The maximum absolute atomic E-state index is 12.9. The second kappa shape index (κ2) is 10.8. The minimum Gasteiger partial charge on any atom is -0.495 e. The van der Waals surface area contributed by atoms with E-state index in [0.29, 0.717) is 23.1 Å². The summed E-state index contributed by atoms with van der Waals surface area (Å²) in [7, 11) is 1.58. The zero-order valence-electron chi connectivity index (χ0n) is 20.7. The molecule has 0 unspecified atom stereocenters. The molecule has 0 radical (unpaired) electrons. The topological polar surface area (TPSA) is 84.3 Å². The van der Waals surface area contributed by atoms with Crippen molar-refractivity contribution in [3.05, 3.63) is 102 Å². The number of aromatic nitrogens is 3. The smallest absolute Gasteiger partial charge is 0.226 e. The number of hydrogen-bond donors (Lipinski definition) is 2. The Morgan fingerprint density at radius 2 is 1.92 bits per heavy atom. The molecule has 1 aliphatic rings. The summed E-state index contributed by atoms with van der Waals surface area (Å²) in [5, 5.41) is 7.01. The van der Waals surface area contributed by atoms with Gasteiger partial charge in [-0.25, -0.2) is 0 Å². The van der Waals surface area contributed by atoms with E-state index in [0.717, 1.165) is 22.8 Å². The number of thiocarbonyl (C=S) groups is 1. The second-order valence-electron chi connectivity index (χ2n) is 8.76. The van der Waals surface area contributed by atoms with Gasteiger partial charge in [-0.2, -0.15) is 0 Å². The van der Waals surface area contributed by atoms with Crippen molar-refractivity contribution in [2.45, 2.75) is 25.4 Å². The summed E-state index contributed by atoms with van der Waals surface area (Å²) in [4.78, 5) is 24.0. The zero-order chi connectivity index (χ0) is 25.8. The molecule has 1 aromatic carbocycles. The SMILES string of the molecule is COc1ccccc1NC(=O)CCN1C(=S)N[C@H](c2ccccn2)[C@@H]1c1ccc(C)n1-c1cccnc1. The van der Waals surface area contributed by atoms with Crippen LogP contribution in [0, 0.1) is 6.92 Å². The number of ether oxygens (including phenoxy) is 1. The predicted octanol–water partition coefficient (Wildman–Crippen LogP) is 4.59. The maximum atomic E-state index is 12.9. The molecule has 37 heavy (non-hydrogen) atoms. The molecule has 0 saturated carbocycles. The molecule has 0 bridgehead atoms. The third-order valence-corrected chi connectivity index (χ3v) is 6.82. The fraction of sp³-hybridized carbons (Fsp3) is 0.214. The first-order chi connectivity index (χ1) is 18.1. The van der Waals surface area contributed by atoms with Crippen LogP contribution in [0.4, 0.5) is 5.69 Å². The molecule has 3 aromatic heterocycles. The first-order valence-electron chi connectivity index (χ1n) is 12.1. The molecule has 5 rings (SSSR count). The van der Waals surface area contributed by atoms with Crippen molar-refractivity contribution in [1.29, 1.82) is 0 Å². The lowest BCUT2D eigenvalue weighted by Gasteiger charge is -2.29. The van der Waals surface area contributed by atoms with Crippen LogP contribution in [0.1, 0.15) is 35.6 Å². The molecule has 0 aliphatic carbocycles. The molecule has 1 amide bonds. The van der Waals surface area contributed by atoms with E-state index in [4.69, 9.17) is 17.0 Å². The monoisotopic (exact) mass is 512 g/mol. The van der Waals surface area contributed by atoms with Crippen molar-refractivity contribution < 1.29 is 9.53 Å². The van der Waals surface area contributed by atoms with Crippen molar-refractivity contribution >= 4 is 28.9 Å². The number of pyridine rings is 2. The Kier molecular flexibility index (Phi) is 7.14. The van der Waals surface area contributed by atoms with E-state index in [1.165, 1.54) is 0 Å². The molecule has 4 heterocycles. The highest BCUT2D eigenvalue weighted by Gasteiger charge is 2.41. The number of carbonyl (C=O) groups is 1. The molecule has 9 heteroatoms. The molecule has 0 spiro atoms. The number of benzene rings is 1. The highest BCUT2D eigenvalue weighted by atomic mass is 32.1. The van der Waals surface area contributed by atoms with Gasteiger partial charge >= 0.3 is 0 Å². The van der Waals surface area contributed by atoms with Crippen LogP contribution in [0.5, 0.6) is 5.75 Å². The van der Waals surface area contributed by atoms with Gasteiger partial charge in [0, 0.05) is 36.7 Å². The van der Waals surface area contributed by atoms with Gasteiger partial charge in [-0.3, -0.25) is 14.8 Å². The van der Waals surface area contributed by atoms with E-state index < -0.39 is 0 Å². The molecule has 4 aromatic rings. The molecule has 2 N–H and O–H groups in total. The van der Waals surface area contributed by atoms with Gasteiger partial charge in [-0.15, -0.1) is 0 Å². The average molecular weight is 513 g/mol. The zero-order valence-corrected chi connectivity index (χ0v) is 21.5. The summed E-state index contributed by atoms with van der Waals surface area (Å²) in [5.41, 5.74) is 4.60. The van der Waals surface area contributed by atoms with E-state index in [9.17, 15) is 4.79 Å². The Morgan fingerprint density at radius 1 is 1.08 bits per heavy atom. The Bertz CT molecular complexity index is 1390. The van der Waals surface area contributed by atoms with Crippen LogP contribution in [-0.2, 0) is 4.79 Å². The Hall–Kier alpha value is -4.24. The predicted molar refractivity (Wildman–Crippen MR) is 147 cm³/mol. The van der Waals surface area contributed by atoms with Crippen molar-refractivity contribution in [2.24, 2.45) is 0 Å². The summed E-state index contributed by atoms with van der Waals surface area (Å²) in [5.74, 6) is 0.498. The molecule has 188 valence electrons. The van der Waals surface area contributed by atoms with Gasteiger partial charge in [0.1, 0.15) is 5.75 Å². The number of methoxy groups -OCH3 is 1. The fourth-order valence-corrected chi connectivity index (χ4v) is 5.11. The van der Waals surface area contributed by atoms with Crippen molar-refractivity contribution in [3.8, 4) is 11.4 Å². The highest BCUT2D eigenvalue weighted by molar-refractivity contribution is 7.80. The van der Waals surface area contributed by atoms with E-state index in [1.54, 1.807) is 19.5 Å². The second-order valence-corrected chi connectivity index (χ2v) is 9.15. The minimum atomic E-state index is -0.185. The number of amides is 1. The third kappa shape index (κ3) is 5.03. The van der Waals surface area contributed by atoms with E-state index >= 15 is 0 Å². The number of anilines is 1. The van der Waals surface area contributed by atoms with Crippen LogP contribution < -0.4 is 15.4 Å². The lowest BCUT2D eigenvalue weighted by Crippen LogP contribution is -2.33. The van der Waals surface area contributed by atoms with Crippen LogP contribution in [0.2, 0.25) is 0 Å². The summed E-state index contributed by atoms with van der Waals surface area (Å²) < 4.78 is 7.55. The van der Waals surface area contributed by atoms with Gasteiger partial charge in [0.15, 0.2) is 5.11 Å². The lowest BCUT2D eigenvalue weighted by molar-refractivity contribution is -0.116. The standard InChI is InChI=1S/C28H28N6O2S/c1-19-12-13-23(34(19)20-8-7-15-29-18-20)27-26(22-10-5-6-16-30-22)32-28(37)33(27)17-14-25(35)31-21-9-3-4-11-24(21)36-2/h3-13,15-16,18,26-27H,14,17H2,1-2H3,(H,31,35)(H,32,37)/t26-,27+/m1/s1.